The minimum atomic E-state index is -1.30. The molecule has 0 bridgehead atoms. The Kier molecular flexibility index (Phi) is 9.80. The van der Waals surface area contributed by atoms with Crippen LogP contribution in [0.2, 0.25) is 0 Å². The van der Waals surface area contributed by atoms with E-state index in [1.165, 1.54) is 0 Å². The normalized spacial score (nSPS) is 15.3. The predicted octanol–water partition coefficient (Wildman–Crippen LogP) is 11.1. The lowest BCUT2D eigenvalue weighted by atomic mass is 9.76. The van der Waals surface area contributed by atoms with Gasteiger partial charge in [0.1, 0.15) is 11.5 Å². The first kappa shape index (κ1) is 33.9. The Balaban J connectivity index is 1.45. The van der Waals surface area contributed by atoms with Gasteiger partial charge in [-0.2, -0.15) is 0 Å². The third kappa shape index (κ3) is 6.33. The van der Waals surface area contributed by atoms with Crippen molar-refractivity contribution in [3.8, 4) is 11.5 Å². The summed E-state index contributed by atoms with van der Waals surface area (Å²) in [4.78, 5) is 32.3. The van der Waals surface area contributed by atoms with E-state index in [0.717, 1.165) is 74.0 Å². The molecule has 2 heterocycles. The van der Waals surface area contributed by atoms with Crippen molar-refractivity contribution < 1.29 is 19.1 Å². The number of para-hydroxylation sites is 2. The maximum atomic E-state index is 14.3. The van der Waals surface area contributed by atoms with Crippen LogP contribution in [0.3, 0.4) is 0 Å². The van der Waals surface area contributed by atoms with Crippen molar-refractivity contribution in [3.63, 3.8) is 0 Å². The average Bonchev–Trinajstić information content (AvgIpc) is 3.44. The summed E-state index contributed by atoms with van der Waals surface area (Å²) in [6, 6.07) is 36.5. The molecular weight excluding hydrogens is 635 g/mol. The van der Waals surface area contributed by atoms with Crippen LogP contribution in [0.5, 0.6) is 11.5 Å². The molecular formula is C44H45N3O4. The van der Waals surface area contributed by atoms with Gasteiger partial charge >= 0.3 is 12.0 Å². The molecule has 7 heteroatoms. The summed E-state index contributed by atoms with van der Waals surface area (Å²) in [7, 11) is 0. The van der Waals surface area contributed by atoms with E-state index >= 15 is 0 Å². The van der Waals surface area contributed by atoms with Crippen LogP contribution in [-0.4, -0.2) is 25.1 Å². The fourth-order valence-electron chi connectivity index (χ4n) is 7.45. The fourth-order valence-corrected chi connectivity index (χ4v) is 7.45. The first-order valence-electron chi connectivity index (χ1n) is 18.2. The van der Waals surface area contributed by atoms with Crippen molar-refractivity contribution in [2.24, 2.45) is 0 Å². The largest absolute Gasteiger partial charge is 0.456 e. The van der Waals surface area contributed by atoms with E-state index in [9.17, 15) is 9.59 Å². The van der Waals surface area contributed by atoms with Crippen molar-refractivity contribution >= 4 is 34.7 Å². The van der Waals surface area contributed by atoms with Crippen LogP contribution in [0.25, 0.3) is 0 Å². The molecule has 2 amide bonds. The maximum absolute atomic E-state index is 14.3. The van der Waals surface area contributed by atoms with Crippen molar-refractivity contribution in [3.05, 3.63) is 143 Å². The van der Waals surface area contributed by atoms with E-state index in [1.54, 1.807) is 4.90 Å². The second kappa shape index (κ2) is 14.7. The quantitative estimate of drug-likeness (QED) is 0.105. The summed E-state index contributed by atoms with van der Waals surface area (Å²) in [5, 5.41) is 3.08. The first-order valence-corrected chi connectivity index (χ1v) is 18.2. The summed E-state index contributed by atoms with van der Waals surface area (Å²) in [5.74, 6) is 0.867. The number of nitrogens with zero attached hydrogens (tertiary/aromatic N) is 2. The molecule has 7 rings (SSSR count). The molecule has 5 aromatic carbocycles. The van der Waals surface area contributed by atoms with E-state index in [2.05, 4.69) is 30.1 Å². The van der Waals surface area contributed by atoms with E-state index in [1.807, 2.05) is 116 Å². The zero-order chi connectivity index (χ0) is 35.4. The number of ether oxygens (including phenoxy) is 2. The monoisotopic (exact) mass is 679 g/mol. The molecule has 2 aliphatic heterocycles. The van der Waals surface area contributed by atoms with Crippen molar-refractivity contribution in [2.75, 3.05) is 28.2 Å². The molecule has 0 radical (unpaired) electrons. The minimum Gasteiger partial charge on any atom is -0.456 e. The van der Waals surface area contributed by atoms with Crippen molar-refractivity contribution in [2.45, 2.75) is 64.9 Å². The van der Waals surface area contributed by atoms with Crippen LogP contribution in [0.1, 0.15) is 85.0 Å². The standard InChI is InChI=1S/C44H45N3O4/c1-4-6-16-27-46(28-17-7-5-2)37-25-18-26-39-41(37)44(35-24-15-14-23-34(35)42(48)51-44)36-30-38(31(3)29-40(36)50-39)47(33-21-12-9-13-22-33)43(49)45-32-19-10-8-11-20-32/h8-15,18-26,29-30H,4-7,16-17,27-28H2,1-3H3,(H,45,49). The van der Waals surface area contributed by atoms with Crippen LogP contribution in [-0.2, 0) is 10.3 Å². The Bertz CT molecular complexity index is 2020. The summed E-state index contributed by atoms with van der Waals surface area (Å²) in [6.07, 6.45) is 6.62. The Morgan fingerprint density at radius 2 is 1.37 bits per heavy atom. The number of hydrogen-bond acceptors (Lipinski definition) is 5. The maximum Gasteiger partial charge on any atom is 0.340 e. The van der Waals surface area contributed by atoms with Crippen LogP contribution >= 0.6 is 0 Å². The Morgan fingerprint density at radius 3 is 2.08 bits per heavy atom. The summed E-state index contributed by atoms with van der Waals surface area (Å²) >= 11 is 0. The fraction of sp³-hybridized carbons (Fsp3) is 0.273. The number of anilines is 4. The second-order valence-electron chi connectivity index (χ2n) is 13.4. The second-order valence-corrected chi connectivity index (χ2v) is 13.4. The highest BCUT2D eigenvalue weighted by molar-refractivity contribution is 6.08. The van der Waals surface area contributed by atoms with Gasteiger partial charge < -0.3 is 19.7 Å². The van der Waals surface area contributed by atoms with Crippen LogP contribution in [0, 0.1) is 6.92 Å². The van der Waals surface area contributed by atoms with Crippen LogP contribution in [0.15, 0.2) is 115 Å². The molecule has 2 aliphatic rings. The first-order chi connectivity index (χ1) is 25.0. The number of fused-ring (bicyclic) bond motifs is 6. The zero-order valence-electron chi connectivity index (χ0n) is 29.7. The highest BCUT2D eigenvalue weighted by Crippen LogP contribution is 2.59. The molecule has 1 unspecified atom stereocenters. The van der Waals surface area contributed by atoms with E-state index in [-0.39, 0.29) is 12.0 Å². The highest BCUT2D eigenvalue weighted by Gasteiger charge is 2.55. The highest BCUT2D eigenvalue weighted by atomic mass is 16.6. The van der Waals surface area contributed by atoms with E-state index in [0.29, 0.717) is 39.7 Å². The lowest BCUT2D eigenvalue weighted by Crippen LogP contribution is -2.37. The van der Waals surface area contributed by atoms with Gasteiger partial charge in [0.15, 0.2) is 5.60 Å². The number of nitrogens with one attached hydrogen (secondary N) is 1. The van der Waals surface area contributed by atoms with Gasteiger partial charge in [0.25, 0.3) is 0 Å². The Morgan fingerprint density at radius 1 is 0.706 bits per heavy atom. The number of rotatable bonds is 12. The molecule has 5 aromatic rings. The smallest absolute Gasteiger partial charge is 0.340 e. The van der Waals surface area contributed by atoms with E-state index in [4.69, 9.17) is 9.47 Å². The Hall–Kier alpha value is -5.56. The summed E-state index contributed by atoms with van der Waals surface area (Å²) in [5.41, 5.74) is 5.35. The van der Waals surface area contributed by atoms with Gasteiger partial charge in [0.05, 0.1) is 22.5 Å². The van der Waals surface area contributed by atoms with Gasteiger partial charge in [-0.25, -0.2) is 9.59 Å². The SMILES string of the molecule is CCCCCN(CCCCC)c1cccc2c1C1(OC(=O)c3ccccc31)c1cc(N(C(=O)Nc3ccccc3)c3ccccc3)c(C)cc1O2. The third-order valence-electron chi connectivity index (χ3n) is 9.91. The average molecular weight is 680 g/mol. The zero-order valence-corrected chi connectivity index (χ0v) is 29.7. The van der Waals surface area contributed by atoms with Crippen LogP contribution < -0.4 is 19.9 Å². The van der Waals surface area contributed by atoms with Crippen molar-refractivity contribution in [1.82, 2.24) is 0 Å². The third-order valence-corrected chi connectivity index (χ3v) is 9.91. The summed E-state index contributed by atoms with van der Waals surface area (Å²) < 4.78 is 13.5. The molecule has 51 heavy (non-hydrogen) atoms. The molecule has 0 aliphatic carbocycles. The topological polar surface area (TPSA) is 71.1 Å². The van der Waals surface area contributed by atoms with E-state index < -0.39 is 5.60 Å². The number of aryl methyl sites for hydroxylation is 1. The summed E-state index contributed by atoms with van der Waals surface area (Å²) in [6.45, 7) is 8.18. The number of urea groups is 1. The molecule has 260 valence electrons. The van der Waals surface area contributed by atoms with Gasteiger partial charge in [0, 0.05) is 35.6 Å². The minimum absolute atomic E-state index is 0.316. The van der Waals surface area contributed by atoms with Crippen molar-refractivity contribution in [1.29, 1.82) is 0 Å². The molecule has 1 atom stereocenters. The van der Waals surface area contributed by atoms with Gasteiger partial charge in [-0.15, -0.1) is 0 Å². The van der Waals surface area contributed by atoms with Gasteiger partial charge in [-0.1, -0.05) is 100 Å². The number of unbranched alkanes of at least 4 members (excludes halogenated alkanes) is 4. The molecule has 0 saturated heterocycles. The molecule has 7 nitrogen and oxygen atoms in total. The number of amides is 2. The number of hydrogen-bond donors (Lipinski definition) is 1. The van der Waals surface area contributed by atoms with Gasteiger partial charge in [-0.3, -0.25) is 4.90 Å². The molecule has 1 N–H and O–H groups in total. The van der Waals surface area contributed by atoms with Gasteiger partial charge in [-0.05, 0) is 79.9 Å². The van der Waals surface area contributed by atoms with Gasteiger partial charge in [0.2, 0.25) is 0 Å². The lowest BCUT2D eigenvalue weighted by molar-refractivity contribution is 0.0226. The number of carbonyl (C=O) groups excluding carboxylic acids is 2. The molecule has 0 saturated carbocycles. The Labute approximate surface area is 300 Å². The number of benzene rings is 5. The number of esters is 1. The molecule has 0 fully saturated rings. The predicted molar refractivity (Wildman–Crippen MR) is 205 cm³/mol. The lowest BCUT2D eigenvalue weighted by Gasteiger charge is -2.41. The molecule has 1 spiro atoms. The number of carbonyl (C=O) groups is 2. The van der Waals surface area contributed by atoms with Crippen LogP contribution in [0.4, 0.5) is 27.5 Å². The molecule has 0 aromatic heterocycles.